The van der Waals surface area contributed by atoms with E-state index in [0.717, 1.165) is 5.56 Å². The summed E-state index contributed by atoms with van der Waals surface area (Å²) in [5, 5.41) is 11.7. The summed E-state index contributed by atoms with van der Waals surface area (Å²) in [7, 11) is 0. The van der Waals surface area contributed by atoms with Gasteiger partial charge in [0.1, 0.15) is 17.4 Å². The Bertz CT molecular complexity index is 757. The highest BCUT2D eigenvalue weighted by Gasteiger charge is 2.14. The number of carbonyl (C=O) groups is 1. The van der Waals surface area contributed by atoms with Crippen molar-refractivity contribution in [3.05, 3.63) is 53.5 Å². The van der Waals surface area contributed by atoms with Crippen molar-refractivity contribution >= 4 is 12.0 Å². The SMILES string of the molecule is N#C/C(=C\c1ccco1)C(=O)NCc1ccc2c(c1)OCO2. The molecule has 0 bridgehead atoms. The Kier molecular flexibility index (Phi) is 3.79. The van der Waals surface area contributed by atoms with Crippen molar-refractivity contribution in [2.75, 3.05) is 6.79 Å². The van der Waals surface area contributed by atoms with E-state index in [1.54, 1.807) is 24.3 Å². The van der Waals surface area contributed by atoms with E-state index in [-0.39, 0.29) is 18.9 Å². The Morgan fingerprint density at radius 1 is 1.32 bits per heavy atom. The smallest absolute Gasteiger partial charge is 0.262 e. The van der Waals surface area contributed by atoms with Crippen LogP contribution >= 0.6 is 0 Å². The van der Waals surface area contributed by atoms with Crippen molar-refractivity contribution in [3.63, 3.8) is 0 Å². The van der Waals surface area contributed by atoms with Gasteiger partial charge in [-0.2, -0.15) is 5.26 Å². The lowest BCUT2D eigenvalue weighted by molar-refractivity contribution is -0.117. The first kappa shape index (κ1) is 13.8. The number of ether oxygens (including phenoxy) is 2. The number of fused-ring (bicyclic) bond motifs is 1. The second-order valence-corrected chi connectivity index (χ2v) is 4.56. The van der Waals surface area contributed by atoms with Gasteiger partial charge in [0, 0.05) is 12.6 Å². The molecular formula is C16H12N2O4. The van der Waals surface area contributed by atoms with Gasteiger partial charge in [-0.1, -0.05) is 6.07 Å². The molecule has 0 atom stereocenters. The average molecular weight is 296 g/mol. The molecule has 2 heterocycles. The van der Waals surface area contributed by atoms with Crippen molar-refractivity contribution < 1.29 is 18.7 Å². The molecule has 1 aliphatic rings. The molecule has 1 amide bonds. The molecule has 0 radical (unpaired) electrons. The number of nitriles is 1. The Morgan fingerprint density at radius 3 is 2.95 bits per heavy atom. The van der Waals surface area contributed by atoms with Crippen LogP contribution in [0.5, 0.6) is 11.5 Å². The minimum Gasteiger partial charge on any atom is -0.465 e. The van der Waals surface area contributed by atoms with Crippen LogP contribution in [0, 0.1) is 11.3 Å². The molecule has 0 fully saturated rings. The molecule has 1 aromatic carbocycles. The van der Waals surface area contributed by atoms with Crippen LogP contribution in [0.15, 0.2) is 46.6 Å². The second kappa shape index (κ2) is 6.06. The molecule has 110 valence electrons. The van der Waals surface area contributed by atoms with E-state index < -0.39 is 5.91 Å². The van der Waals surface area contributed by atoms with Crippen LogP contribution in [0.2, 0.25) is 0 Å². The van der Waals surface area contributed by atoms with E-state index in [4.69, 9.17) is 19.2 Å². The monoisotopic (exact) mass is 296 g/mol. The third-order valence-electron chi connectivity index (χ3n) is 3.08. The van der Waals surface area contributed by atoms with Gasteiger partial charge < -0.3 is 19.2 Å². The minimum atomic E-state index is -0.462. The second-order valence-electron chi connectivity index (χ2n) is 4.56. The van der Waals surface area contributed by atoms with Crippen LogP contribution in [-0.2, 0) is 11.3 Å². The molecule has 6 heteroatoms. The first-order valence-electron chi connectivity index (χ1n) is 6.58. The molecule has 0 spiro atoms. The van der Waals surface area contributed by atoms with Gasteiger partial charge in [-0.25, -0.2) is 0 Å². The third-order valence-corrected chi connectivity index (χ3v) is 3.08. The number of nitrogens with zero attached hydrogens (tertiary/aromatic N) is 1. The Morgan fingerprint density at radius 2 is 2.18 bits per heavy atom. The van der Waals surface area contributed by atoms with Gasteiger partial charge >= 0.3 is 0 Å². The van der Waals surface area contributed by atoms with Gasteiger partial charge in [0.15, 0.2) is 11.5 Å². The highest BCUT2D eigenvalue weighted by atomic mass is 16.7. The largest absolute Gasteiger partial charge is 0.465 e. The number of benzene rings is 1. The minimum absolute atomic E-state index is 0.0179. The van der Waals surface area contributed by atoms with E-state index in [0.29, 0.717) is 17.3 Å². The third kappa shape index (κ3) is 2.94. The van der Waals surface area contributed by atoms with Gasteiger partial charge in [0.05, 0.1) is 6.26 Å². The number of hydrogen-bond acceptors (Lipinski definition) is 5. The Hall–Kier alpha value is -3.20. The summed E-state index contributed by atoms with van der Waals surface area (Å²) in [4.78, 5) is 12.0. The molecule has 0 saturated carbocycles. The van der Waals surface area contributed by atoms with Crippen molar-refractivity contribution in [2.24, 2.45) is 0 Å². The number of hydrogen-bond donors (Lipinski definition) is 1. The fraction of sp³-hybridized carbons (Fsp3) is 0.125. The van der Waals surface area contributed by atoms with Gasteiger partial charge in [-0.05, 0) is 29.8 Å². The maximum absolute atomic E-state index is 12.0. The van der Waals surface area contributed by atoms with E-state index in [1.165, 1.54) is 12.3 Å². The van der Waals surface area contributed by atoms with Crippen molar-refractivity contribution in [1.29, 1.82) is 5.26 Å². The topological polar surface area (TPSA) is 84.5 Å². The lowest BCUT2D eigenvalue weighted by Crippen LogP contribution is -2.23. The van der Waals surface area contributed by atoms with E-state index in [2.05, 4.69) is 5.32 Å². The van der Waals surface area contributed by atoms with Crippen LogP contribution < -0.4 is 14.8 Å². The molecule has 1 N–H and O–H groups in total. The molecule has 1 aromatic heterocycles. The zero-order valence-electron chi connectivity index (χ0n) is 11.5. The van der Waals surface area contributed by atoms with Crippen molar-refractivity contribution in [3.8, 4) is 17.6 Å². The number of furan rings is 1. The summed E-state index contributed by atoms with van der Waals surface area (Å²) in [6, 6.07) is 10.6. The molecule has 1 aliphatic heterocycles. The van der Waals surface area contributed by atoms with E-state index in [9.17, 15) is 4.79 Å². The molecule has 0 aliphatic carbocycles. The van der Waals surface area contributed by atoms with Crippen LogP contribution in [0.3, 0.4) is 0 Å². The summed E-state index contributed by atoms with van der Waals surface area (Å²) in [5.41, 5.74) is 0.837. The molecule has 3 rings (SSSR count). The van der Waals surface area contributed by atoms with Gasteiger partial charge in [-0.15, -0.1) is 0 Å². The lowest BCUT2D eigenvalue weighted by atomic mass is 10.2. The fourth-order valence-electron chi connectivity index (χ4n) is 1.99. The maximum Gasteiger partial charge on any atom is 0.262 e. The summed E-state index contributed by atoms with van der Waals surface area (Å²) in [6.07, 6.45) is 2.88. The van der Waals surface area contributed by atoms with Crippen LogP contribution in [-0.4, -0.2) is 12.7 Å². The first-order chi connectivity index (χ1) is 10.8. The summed E-state index contributed by atoms with van der Waals surface area (Å²) < 4.78 is 15.6. The number of rotatable bonds is 4. The van der Waals surface area contributed by atoms with Crippen LogP contribution in [0.4, 0.5) is 0 Å². The quantitative estimate of drug-likeness (QED) is 0.691. The summed E-state index contributed by atoms with van der Waals surface area (Å²) >= 11 is 0. The number of amides is 1. The predicted octanol–water partition coefficient (Wildman–Crippen LogP) is 2.23. The van der Waals surface area contributed by atoms with Crippen molar-refractivity contribution in [2.45, 2.75) is 6.54 Å². The maximum atomic E-state index is 12.0. The zero-order valence-corrected chi connectivity index (χ0v) is 11.5. The highest BCUT2D eigenvalue weighted by molar-refractivity contribution is 6.01. The van der Waals surface area contributed by atoms with Gasteiger partial charge in [0.2, 0.25) is 6.79 Å². The predicted molar refractivity (Wildman–Crippen MR) is 76.7 cm³/mol. The van der Waals surface area contributed by atoms with Crippen LogP contribution in [0.1, 0.15) is 11.3 Å². The fourth-order valence-corrected chi connectivity index (χ4v) is 1.99. The Labute approximate surface area is 126 Å². The summed E-state index contributed by atoms with van der Waals surface area (Å²) in [6.45, 7) is 0.488. The van der Waals surface area contributed by atoms with Gasteiger partial charge in [-0.3, -0.25) is 4.79 Å². The summed E-state index contributed by atoms with van der Waals surface area (Å²) in [5.74, 6) is 1.33. The molecule has 0 unspecified atom stereocenters. The molecule has 6 nitrogen and oxygen atoms in total. The first-order valence-corrected chi connectivity index (χ1v) is 6.58. The zero-order chi connectivity index (χ0) is 15.4. The van der Waals surface area contributed by atoms with Crippen LogP contribution in [0.25, 0.3) is 6.08 Å². The van der Waals surface area contributed by atoms with E-state index >= 15 is 0 Å². The molecule has 2 aromatic rings. The molecular weight excluding hydrogens is 284 g/mol. The Balaban J connectivity index is 1.65. The van der Waals surface area contributed by atoms with E-state index in [1.807, 2.05) is 12.1 Å². The normalized spacial score (nSPS) is 12.8. The number of nitrogens with one attached hydrogen (secondary N) is 1. The van der Waals surface area contributed by atoms with Gasteiger partial charge in [0.25, 0.3) is 5.91 Å². The highest BCUT2D eigenvalue weighted by Crippen LogP contribution is 2.32. The van der Waals surface area contributed by atoms with Crippen molar-refractivity contribution in [1.82, 2.24) is 5.32 Å². The number of carbonyl (C=O) groups excluding carboxylic acids is 1. The lowest BCUT2D eigenvalue weighted by Gasteiger charge is -2.05. The standard InChI is InChI=1S/C16H12N2O4/c17-8-12(7-13-2-1-5-20-13)16(19)18-9-11-3-4-14-15(6-11)22-10-21-14/h1-7H,9-10H2,(H,18,19)/b12-7+. The molecule has 22 heavy (non-hydrogen) atoms. The average Bonchev–Trinajstić information content (AvgIpc) is 3.20. The molecule has 0 saturated heterocycles.